The van der Waals surface area contributed by atoms with E-state index in [9.17, 15) is 4.39 Å². The smallest absolute Gasteiger partial charge is 0.186 e. The van der Waals surface area contributed by atoms with Gasteiger partial charge in [0.15, 0.2) is 11.6 Å². The highest BCUT2D eigenvalue weighted by atomic mass is 19.1. The van der Waals surface area contributed by atoms with Crippen molar-refractivity contribution in [1.82, 2.24) is 14.9 Å². The lowest BCUT2D eigenvalue weighted by atomic mass is 9.90. The molecule has 104 valence electrons. The first kappa shape index (κ1) is 12.8. The topological polar surface area (TPSA) is 41.1 Å². The number of piperidine rings is 1. The molecule has 0 spiro atoms. The van der Waals surface area contributed by atoms with Gasteiger partial charge >= 0.3 is 0 Å². The number of hydrogen-bond acceptors (Lipinski definition) is 4. The van der Waals surface area contributed by atoms with Crippen LogP contribution in [0.15, 0.2) is 0 Å². The fourth-order valence-electron chi connectivity index (χ4n) is 3.55. The molecule has 2 aliphatic rings. The number of halogens is 1. The van der Waals surface area contributed by atoms with Gasteiger partial charge in [-0.15, -0.1) is 0 Å². The molecule has 5 heteroatoms. The van der Waals surface area contributed by atoms with E-state index >= 15 is 0 Å². The van der Waals surface area contributed by atoms with Gasteiger partial charge in [-0.25, -0.2) is 14.4 Å². The average Bonchev–Trinajstić information content (AvgIpc) is 2.64. The second-order valence-corrected chi connectivity index (χ2v) is 5.80. The van der Waals surface area contributed by atoms with Crippen LogP contribution in [-0.2, 0) is 0 Å². The summed E-state index contributed by atoms with van der Waals surface area (Å²) in [5.74, 6) is 1.18. The highest BCUT2D eigenvalue weighted by Gasteiger charge is 2.40. The molecule has 0 saturated carbocycles. The summed E-state index contributed by atoms with van der Waals surface area (Å²) in [4.78, 5) is 11.3. The standard InChI is InChI=1S/C14H21FN4/c1-8-12(15)14(16-2)18-13(17-8)9-6-10-4-5-11(7-9)19(10)3/h9-11H,4-7H2,1-3H3,(H,16,17,18). The minimum Gasteiger partial charge on any atom is -0.371 e. The molecule has 3 heterocycles. The molecular weight excluding hydrogens is 243 g/mol. The fraction of sp³-hybridized carbons (Fsp3) is 0.714. The van der Waals surface area contributed by atoms with Gasteiger partial charge in [-0.2, -0.15) is 0 Å². The number of aryl methyl sites for hydroxylation is 1. The van der Waals surface area contributed by atoms with Gasteiger partial charge in [0.25, 0.3) is 0 Å². The van der Waals surface area contributed by atoms with Crippen molar-refractivity contribution >= 4 is 5.82 Å². The zero-order valence-electron chi connectivity index (χ0n) is 11.8. The van der Waals surface area contributed by atoms with Gasteiger partial charge in [0, 0.05) is 25.0 Å². The maximum Gasteiger partial charge on any atom is 0.186 e. The van der Waals surface area contributed by atoms with Crippen molar-refractivity contribution in [2.24, 2.45) is 0 Å². The first-order chi connectivity index (χ1) is 9.10. The van der Waals surface area contributed by atoms with Crippen LogP contribution < -0.4 is 5.32 Å². The Morgan fingerprint density at radius 1 is 1.21 bits per heavy atom. The van der Waals surface area contributed by atoms with Crippen molar-refractivity contribution in [3.8, 4) is 0 Å². The van der Waals surface area contributed by atoms with Gasteiger partial charge in [-0.1, -0.05) is 0 Å². The molecule has 0 amide bonds. The first-order valence-electron chi connectivity index (χ1n) is 7.04. The number of nitrogens with one attached hydrogen (secondary N) is 1. The van der Waals surface area contributed by atoms with Gasteiger partial charge in [-0.05, 0) is 39.7 Å². The largest absolute Gasteiger partial charge is 0.371 e. The molecule has 1 aromatic heterocycles. The maximum atomic E-state index is 13.8. The van der Waals surface area contributed by atoms with Crippen LogP contribution >= 0.6 is 0 Å². The minimum atomic E-state index is -0.331. The second-order valence-electron chi connectivity index (χ2n) is 5.80. The van der Waals surface area contributed by atoms with E-state index in [0.29, 0.717) is 29.5 Å². The monoisotopic (exact) mass is 264 g/mol. The number of aromatic nitrogens is 2. The van der Waals surface area contributed by atoms with E-state index in [1.54, 1.807) is 14.0 Å². The number of rotatable bonds is 2. The van der Waals surface area contributed by atoms with Gasteiger partial charge in [-0.3, -0.25) is 0 Å². The van der Waals surface area contributed by atoms with Crippen LogP contribution in [0.2, 0.25) is 0 Å². The molecule has 2 bridgehead atoms. The zero-order chi connectivity index (χ0) is 13.6. The third-order valence-electron chi connectivity index (χ3n) is 4.73. The molecule has 2 fully saturated rings. The predicted molar refractivity (Wildman–Crippen MR) is 72.8 cm³/mol. The van der Waals surface area contributed by atoms with E-state index in [-0.39, 0.29) is 5.82 Å². The van der Waals surface area contributed by atoms with Crippen molar-refractivity contribution in [3.05, 3.63) is 17.3 Å². The van der Waals surface area contributed by atoms with Crippen LogP contribution in [-0.4, -0.2) is 41.0 Å². The van der Waals surface area contributed by atoms with E-state index in [2.05, 4.69) is 27.2 Å². The number of nitrogens with zero attached hydrogens (tertiary/aromatic N) is 3. The number of fused-ring (bicyclic) bond motifs is 2. The van der Waals surface area contributed by atoms with Crippen molar-refractivity contribution in [1.29, 1.82) is 0 Å². The molecule has 0 aliphatic carbocycles. The predicted octanol–water partition coefficient (Wildman–Crippen LogP) is 2.31. The van der Waals surface area contributed by atoms with E-state index < -0.39 is 0 Å². The zero-order valence-corrected chi connectivity index (χ0v) is 11.8. The van der Waals surface area contributed by atoms with E-state index in [4.69, 9.17) is 0 Å². The van der Waals surface area contributed by atoms with Gasteiger partial charge < -0.3 is 10.2 Å². The summed E-state index contributed by atoms with van der Waals surface area (Å²) < 4.78 is 13.8. The normalized spacial score (nSPS) is 30.6. The summed E-state index contributed by atoms with van der Waals surface area (Å²) in [5.41, 5.74) is 0.445. The van der Waals surface area contributed by atoms with Crippen molar-refractivity contribution in [3.63, 3.8) is 0 Å². The molecule has 2 aliphatic heterocycles. The van der Waals surface area contributed by atoms with Crippen LogP contribution in [0.5, 0.6) is 0 Å². The molecule has 3 rings (SSSR count). The average molecular weight is 264 g/mol. The van der Waals surface area contributed by atoms with Crippen LogP contribution in [0.3, 0.4) is 0 Å². The SMILES string of the molecule is CNc1nc(C2CC3CCC(C2)N3C)nc(C)c1F. The summed E-state index contributed by atoms with van der Waals surface area (Å²) in [7, 11) is 3.92. The summed E-state index contributed by atoms with van der Waals surface area (Å²) >= 11 is 0. The third-order valence-corrected chi connectivity index (χ3v) is 4.73. The number of anilines is 1. The quantitative estimate of drug-likeness (QED) is 0.890. The highest BCUT2D eigenvalue weighted by Crippen LogP contribution is 2.41. The van der Waals surface area contributed by atoms with Crippen LogP contribution in [0, 0.1) is 12.7 Å². The van der Waals surface area contributed by atoms with Crippen LogP contribution in [0.4, 0.5) is 10.2 Å². The Balaban J connectivity index is 1.89. The molecule has 4 nitrogen and oxygen atoms in total. The Morgan fingerprint density at radius 2 is 1.84 bits per heavy atom. The summed E-state index contributed by atoms with van der Waals surface area (Å²) in [6.45, 7) is 1.71. The van der Waals surface area contributed by atoms with E-state index in [1.165, 1.54) is 12.8 Å². The molecule has 2 unspecified atom stereocenters. The highest BCUT2D eigenvalue weighted by molar-refractivity contribution is 5.37. The van der Waals surface area contributed by atoms with Gasteiger partial charge in [0.05, 0.1) is 5.69 Å². The Labute approximate surface area is 113 Å². The minimum absolute atomic E-state index is 0.328. The molecule has 2 saturated heterocycles. The first-order valence-corrected chi connectivity index (χ1v) is 7.04. The van der Waals surface area contributed by atoms with Gasteiger partial charge in [0.2, 0.25) is 0 Å². The lowest BCUT2D eigenvalue weighted by Gasteiger charge is -2.35. The van der Waals surface area contributed by atoms with E-state index in [1.807, 2.05) is 0 Å². The Hall–Kier alpha value is -1.23. The van der Waals surface area contributed by atoms with E-state index in [0.717, 1.165) is 18.7 Å². The summed E-state index contributed by atoms with van der Waals surface area (Å²) in [6.07, 6.45) is 4.75. The van der Waals surface area contributed by atoms with Crippen LogP contribution in [0.1, 0.15) is 43.1 Å². The van der Waals surface area contributed by atoms with Crippen LogP contribution in [0.25, 0.3) is 0 Å². The Morgan fingerprint density at radius 3 is 2.42 bits per heavy atom. The molecule has 0 radical (unpaired) electrons. The Kier molecular flexibility index (Phi) is 3.17. The molecule has 1 N–H and O–H groups in total. The van der Waals surface area contributed by atoms with Crippen molar-refractivity contribution < 1.29 is 4.39 Å². The molecule has 2 atom stereocenters. The Bertz CT molecular complexity index is 477. The fourth-order valence-corrected chi connectivity index (χ4v) is 3.55. The molecule has 0 aromatic carbocycles. The lowest BCUT2D eigenvalue weighted by Crippen LogP contribution is -2.39. The van der Waals surface area contributed by atoms with Crippen molar-refractivity contribution in [2.75, 3.05) is 19.4 Å². The second kappa shape index (κ2) is 4.71. The summed E-state index contributed by atoms with van der Waals surface area (Å²) in [6, 6.07) is 1.30. The lowest BCUT2D eigenvalue weighted by molar-refractivity contribution is 0.158. The number of hydrogen-bond donors (Lipinski definition) is 1. The van der Waals surface area contributed by atoms with Crippen molar-refractivity contribution in [2.45, 2.75) is 50.6 Å². The maximum absolute atomic E-state index is 13.8. The molecule has 19 heavy (non-hydrogen) atoms. The van der Waals surface area contributed by atoms with Gasteiger partial charge in [0.1, 0.15) is 5.82 Å². The third kappa shape index (κ3) is 2.10. The molecular formula is C14H21FN4. The summed E-state index contributed by atoms with van der Waals surface area (Å²) in [5, 5.41) is 2.83. The molecule has 1 aromatic rings.